The van der Waals surface area contributed by atoms with Gasteiger partial charge in [0.1, 0.15) is 0 Å². The maximum Gasteiger partial charge on any atom is 0.323 e. The molecule has 2 amide bonds. The van der Waals surface area contributed by atoms with Crippen LogP contribution in [-0.2, 0) is 6.61 Å². The fourth-order valence-electron chi connectivity index (χ4n) is 1.66. The van der Waals surface area contributed by atoms with Gasteiger partial charge < -0.3 is 15.7 Å². The summed E-state index contributed by atoms with van der Waals surface area (Å²) in [6.07, 6.45) is 0. The molecule has 1 heterocycles. The van der Waals surface area contributed by atoms with Crippen molar-refractivity contribution in [2.45, 2.75) is 6.61 Å². The van der Waals surface area contributed by atoms with Crippen molar-refractivity contribution in [1.29, 1.82) is 0 Å². The number of rotatable bonds is 3. The molecule has 0 bridgehead atoms. The highest BCUT2D eigenvalue weighted by atomic mass is 35.5. The fraction of sp³-hybridized carbons (Fsp3) is 0.0769. The topological polar surface area (TPSA) is 74.2 Å². The molecule has 0 fully saturated rings. The molecular formula is C13H10ClF2N3O2. The first kappa shape index (κ1) is 15.1. The van der Waals surface area contributed by atoms with Crippen molar-refractivity contribution in [3.05, 3.63) is 52.8 Å². The van der Waals surface area contributed by atoms with Crippen LogP contribution in [0.3, 0.4) is 0 Å². The molecule has 2 rings (SSSR count). The van der Waals surface area contributed by atoms with Crippen molar-refractivity contribution in [2.75, 3.05) is 10.6 Å². The first-order valence-corrected chi connectivity index (χ1v) is 6.16. The lowest BCUT2D eigenvalue weighted by molar-refractivity contribution is 0.262. The molecule has 0 unspecified atom stereocenters. The molecule has 0 aliphatic rings. The number of aliphatic hydroxyl groups is 1. The van der Waals surface area contributed by atoms with Gasteiger partial charge in [-0.25, -0.2) is 4.79 Å². The minimum absolute atomic E-state index is 0.0925. The number of hydrogen-bond acceptors (Lipinski definition) is 3. The van der Waals surface area contributed by atoms with Crippen LogP contribution in [0.15, 0.2) is 30.3 Å². The van der Waals surface area contributed by atoms with Gasteiger partial charge in [0.15, 0.2) is 0 Å². The number of halogens is 3. The molecule has 21 heavy (non-hydrogen) atoms. The Morgan fingerprint density at radius 3 is 2.52 bits per heavy atom. The van der Waals surface area contributed by atoms with Crippen molar-refractivity contribution in [2.24, 2.45) is 0 Å². The van der Waals surface area contributed by atoms with Gasteiger partial charge in [-0.05, 0) is 12.1 Å². The third-order valence-corrected chi connectivity index (χ3v) is 2.90. The fourth-order valence-corrected chi connectivity index (χ4v) is 1.89. The summed E-state index contributed by atoms with van der Waals surface area (Å²) in [6.45, 7) is -0.367. The number of pyridine rings is 1. The van der Waals surface area contributed by atoms with Gasteiger partial charge in [0, 0.05) is 28.4 Å². The highest BCUT2D eigenvalue weighted by molar-refractivity contribution is 6.31. The van der Waals surface area contributed by atoms with Crippen LogP contribution < -0.4 is 10.6 Å². The Balaban J connectivity index is 2.13. The molecule has 0 saturated heterocycles. The number of nitrogens with one attached hydrogen (secondary N) is 2. The number of anilines is 2. The van der Waals surface area contributed by atoms with E-state index in [1.165, 1.54) is 6.07 Å². The van der Waals surface area contributed by atoms with Gasteiger partial charge in [-0.15, -0.1) is 0 Å². The standard InChI is InChI=1S/C13H10ClF2N3O2/c14-9-2-1-3-10(8(9)6-20)18-13(21)17-7-4-11(15)19-12(16)5-7/h1-5,20H,6H2,(H2,17,18,19,21). The zero-order chi connectivity index (χ0) is 15.4. The predicted molar refractivity (Wildman–Crippen MR) is 74.2 cm³/mol. The van der Waals surface area contributed by atoms with Gasteiger partial charge >= 0.3 is 6.03 Å². The van der Waals surface area contributed by atoms with Crippen LogP contribution in [0.5, 0.6) is 0 Å². The first-order chi connectivity index (χ1) is 9.99. The number of nitrogens with zero attached hydrogens (tertiary/aromatic N) is 1. The summed E-state index contributed by atoms with van der Waals surface area (Å²) in [7, 11) is 0. The van der Waals surface area contributed by atoms with Crippen LogP contribution in [0.4, 0.5) is 25.0 Å². The van der Waals surface area contributed by atoms with Gasteiger partial charge in [-0.2, -0.15) is 13.8 Å². The maximum atomic E-state index is 12.9. The Morgan fingerprint density at radius 2 is 1.90 bits per heavy atom. The van der Waals surface area contributed by atoms with E-state index in [1.54, 1.807) is 12.1 Å². The molecule has 0 aliphatic heterocycles. The summed E-state index contributed by atoms with van der Waals surface area (Å²) in [4.78, 5) is 14.7. The summed E-state index contributed by atoms with van der Waals surface area (Å²) < 4.78 is 25.8. The van der Waals surface area contributed by atoms with Crippen molar-refractivity contribution < 1.29 is 18.7 Å². The van der Waals surface area contributed by atoms with Crippen LogP contribution >= 0.6 is 11.6 Å². The van der Waals surface area contributed by atoms with E-state index in [-0.39, 0.29) is 23.0 Å². The number of benzene rings is 1. The van der Waals surface area contributed by atoms with E-state index in [4.69, 9.17) is 11.6 Å². The van der Waals surface area contributed by atoms with Gasteiger partial charge in [0.25, 0.3) is 0 Å². The Kier molecular flexibility index (Phi) is 4.66. The lowest BCUT2D eigenvalue weighted by Crippen LogP contribution is -2.20. The molecule has 0 atom stereocenters. The summed E-state index contributed by atoms with van der Waals surface area (Å²) in [5, 5.41) is 14.2. The second-order valence-electron chi connectivity index (χ2n) is 4.00. The monoisotopic (exact) mass is 313 g/mol. The maximum absolute atomic E-state index is 12.9. The third kappa shape index (κ3) is 3.87. The Morgan fingerprint density at radius 1 is 1.24 bits per heavy atom. The second kappa shape index (κ2) is 6.47. The summed E-state index contributed by atoms with van der Waals surface area (Å²) in [6, 6.07) is 5.68. The van der Waals surface area contributed by atoms with Gasteiger partial charge in [-0.3, -0.25) is 0 Å². The molecular weight excluding hydrogens is 304 g/mol. The molecule has 110 valence electrons. The molecule has 1 aromatic carbocycles. The minimum atomic E-state index is -1.05. The summed E-state index contributed by atoms with van der Waals surface area (Å²) in [5.74, 6) is -2.10. The molecule has 8 heteroatoms. The molecule has 3 N–H and O–H groups in total. The Hall–Kier alpha value is -2.25. The number of aromatic nitrogens is 1. The van der Waals surface area contributed by atoms with Crippen molar-refractivity contribution >= 4 is 29.0 Å². The van der Waals surface area contributed by atoms with E-state index in [1.807, 2.05) is 0 Å². The first-order valence-electron chi connectivity index (χ1n) is 5.79. The number of carbonyl (C=O) groups excluding carboxylic acids is 1. The van der Waals surface area contributed by atoms with Crippen LogP contribution in [-0.4, -0.2) is 16.1 Å². The number of amides is 2. The molecule has 2 aromatic rings. The van der Waals surface area contributed by atoms with Gasteiger partial charge in [0.2, 0.25) is 11.9 Å². The molecule has 0 saturated carbocycles. The van der Waals surface area contributed by atoms with Crippen LogP contribution in [0.2, 0.25) is 5.02 Å². The van der Waals surface area contributed by atoms with E-state index in [9.17, 15) is 18.7 Å². The quantitative estimate of drug-likeness (QED) is 0.762. The van der Waals surface area contributed by atoms with Gasteiger partial charge in [-0.1, -0.05) is 17.7 Å². The average molecular weight is 314 g/mol. The number of urea groups is 1. The average Bonchev–Trinajstić information content (AvgIpc) is 2.37. The highest BCUT2D eigenvalue weighted by Gasteiger charge is 2.10. The number of aliphatic hydroxyl groups excluding tert-OH is 1. The molecule has 0 radical (unpaired) electrons. The Bertz CT molecular complexity index is 662. The normalized spacial score (nSPS) is 10.3. The lowest BCUT2D eigenvalue weighted by atomic mass is 10.2. The van der Waals surface area contributed by atoms with Crippen LogP contribution in [0.25, 0.3) is 0 Å². The van der Waals surface area contributed by atoms with Crippen molar-refractivity contribution in [3.63, 3.8) is 0 Å². The smallest absolute Gasteiger partial charge is 0.323 e. The molecule has 5 nitrogen and oxygen atoms in total. The molecule has 1 aromatic heterocycles. The van der Waals surface area contributed by atoms with E-state index in [0.717, 1.165) is 12.1 Å². The number of carbonyl (C=O) groups is 1. The van der Waals surface area contributed by atoms with Crippen LogP contribution in [0, 0.1) is 11.9 Å². The highest BCUT2D eigenvalue weighted by Crippen LogP contribution is 2.24. The second-order valence-corrected chi connectivity index (χ2v) is 4.41. The van der Waals surface area contributed by atoms with Crippen molar-refractivity contribution in [3.8, 4) is 0 Å². The summed E-state index contributed by atoms with van der Waals surface area (Å²) >= 11 is 5.88. The van der Waals surface area contributed by atoms with E-state index in [2.05, 4.69) is 15.6 Å². The largest absolute Gasteiger partial charge is 0.392 e. The SMILES string of the molecule is O=C(Nc1cc(F)nc(F)c1)Nc1cccc(Cl)c1CO. The third-order valence-electron chi connectivity index (χ3n) is 2.55. The Labute approximate surface area is 123 Å². The van der Waals surface area contributed by atoms with E-state index < -0.39 is 17.9 Å². The zero-order valence-electron chi connectivity index (χ0n) is 10.5. The predicted octanol–water partition coefficient (Wildman–Crippen LogP) is 3.15. The van der Waals surface area contributed by atoms with Crippen molar-refractivity contribution in [1.82, 2.24) is 4.98 Å². The zero-order valence-corrected chi connectivity index (χ0v) is 11.3. The minimum Gasteiger partial charge on any atom is -0.392 e. The van der Waals surface area contributed by atoms with Crippen LogP contribution in [0.1, 0.15) is 5.56 Å². The van der Waals surface area contributed by atoms with Gasteiger partial charge in [0.05, 0.1) is 12.3 Å². The lowest BCUT2D eigenvalue weighted by Gasteiger charge is -2.11. The number of hydrogen-bond donors (Lipinski definition) is 3. The van der Waals surface area contributed by atoms with E-state index >= 15 is 0 Å². The molecule has 0 aliphatic carbocycles. The summed E-state index contributed by atoms with van der Waals surface area (Å²) in [5.41, 5.74) is 0.531. The van der Waals surface area contributed by atoms with E-state index in [0.29, 0.717) is 5.56 Å². The molecule has 0 spiro atoms.